The van der Waals surface area contributed by atoms with Crippen LogP contribution in [0.2, 0.25) is 0 Å². The Morgan fingerprint density at radius 1 is 1.46 bits per heavy atom. The van der Waals surface area contributed by atoms with Gasteiger partial charge in [-0.25, -0.2) is 18.7 Å². The summed E-state index contributed by atoms with van der Waals surface area (Å²) < 4.78 is 24.6. The van der Waals surface area contributed by atoms with Gasteiger partial charge in [0.05, 0.1) is 11.0 Å². The maximum Gasteiger partial charge on any atom is 0.255 e. The van der Waals surface area contributed by atoms with Gasteiger partial charge in [0.15, 0.2) is 0 Å². The second-order valence-electron chi connectivity index (χ2n) is 2.47. The molecule has 13 heavy (non-hydrogen) atoms. The standard InChI is InChI=1S/C7H8BrF2N3/c1-13(4-6(9)10)7-11-2-5(8)3-12-7/h2-3,6H,4H2,1H3. The highest BCUT2D eigenvalue weighted by Crippen LogP contribution is 2.10. The molecule has 0 aliphatic carbocycles. The van der Waals surface area contributed by atoms with Crippen molar-refractivity contribution >= 4 is 21.9 Å². The monoisotopic (exact) mass is 251 g/mol. The van der Waals surface area contributed by atoms with Crippen LogP contribution in [-0.4, -0.2) is 30.0 Å². The molecule has 0 unspecified atom stereocenters. The van der Waals surface area contributed by atoms with E-state index >= 15 is 0 Å². The highest BCUT2D eigenvalue weighted by molar-refractivity contribution is 9.10. The first-order chi connectivity index (χ1) is 6.09. The highest BCUT2D eigenvalue weighted by Gasteiger charge is 2.09. The molecule has 1 heterocycles. The molecule has 0 aliphatic heterocycles. The van der Waals surface area contributed by atoms with Gasteiger partial charge in [0.1, 0.15) is 0 Å². The molecule has 0 fully saturated rings. The number of hydrogen-bond donors (Lipinski definition) is 0. The minimum atomic E-state index is -2.38. The molecule has 0 aromatic carbocycles. The van der Waals surface area contributed by atoms with Gasteiger partial charge < -0.3 is 4.90 Å². The summed E-state index contributed by atoms with van der Waals surface area (Å²) in [5.41, 5.74) is 0. The average Bonchev–Trinajstić information content (AvgIpc) is 2.04. The van der Waals surface area contributed by atoms with Gasteiger partial charge in [-0.15, -0.1) is 0 Å². The maximum atomic E-state index is 11.9. The molecule has 0 radical (unpaired) electrons. The van der Waals surface area contributed by atoms with Crippen molar-refractivity contribution in [1.82, 2.24) is 9.97 Å². The molecule has 1 aromatic heterocycles. The van der Waals surface area contributed by atoms with Crippen LogP contribution in [0, 0.1) is 0 Å². The van der Waals surface area contributed by atoms with Crippen LogP contribution in [-0.2, 0) is 0 Å². The summed E-state index contributed by atoms with van der Waals surface area (Å²) in [4.78, 5) is 9.03. The fourth-order valence-electron chi connectivity index (χ4n) is 0.791. The lowest BCUT2D eigenvalue weighted by Gasteiger charge is -2.15. The Balaban J connectivity index is 2.66. The average molecular weight is 252 g/mol. The van der Waals surface area contributed by atoms with E-state index in [1.807, 2.05) is 0 Å². The number of hydrogen-bond acceptors (Lipinski definition) is 3. The Bertz CT molecular complexity index is 265. The van der Waals surface area contributed by atoms with Gasteiger partial charge in [0.2, 0.25) is 5.95 Å². The van der Waals surface area contributed by atoms with E-state index in [0.717, 1.165) is 4.47 Å². The number of anilines is 1. The Morgan fingerprint density at radius 2 is 2.00 bits per heavy atom. The van der Waals surface area contributed by atoms with Crippen molar-refractivity contribution in [2.45, 2.75) is 6.43 Å². The molecule has 0 bridgehead atoms. The third kappa shape index (κ3) is 3.22. The number of rotatable bonds is 3. The third-order valence-electron chi connectivity index (χ3n) is 1.36. The van der Waals surface area contributed by atoms with E-state index in [2.05, 4.69) is 25.9 Å². The molecule has 1 rings (SSSR count). The number of aromatic nitrogens is 2. The zero-order valence-corrected chi connectivity index (χ0v) is 8.50. The fourth-order valence-corrected chi connectivity index (χ4v) is 0.996. The molecule has 0 aliphatic rings. The zero-order chi connectivity index (χ0) is 9.84. The molecule has 1 aromatic rings. The van der Waals surface area contributed by atoms with Crippen LogP contribution in [0.15, 0.2) is 16.9 Å². The van der Waals surface area contributed by atoms with Crippen molar-refractivity contribution in [2.75, 3.05) is 18.5 Å². The van der Waals surface area contributed by atoms with Gasteiger partial charge >= 0.3 is 0 Å². The summed E-state index contributed by atoms with van der Waals surface area (Å²) in [7, 11) is 1.52. The predicted octanol–water partition coefficient (Wildman–Crippen LogP) is 1.94. The Hall–Kier alpha value is -0.780. The Labute approximate surface area is 82.9 Å². The van der Waals surface area contributed by atoms with E-state index in [0.29, 0.717) is 5.95 Å². The van der Waals surface area contributed by atoms with E-state index < -0.39 is 6.43 Å². The first-order valence-corrected chi connectivity index (χ1v) is 4.35. The quantitative estimate of drug-likeness (QED) is 0.823. The Morgan fingerprint density at radius 3 is 2.46 bits per heavy atom. The molecule has 0 atom stereocenters. The molecule has 6 heteroatoms. The predicted molar refractivity (Wildman–Crippen MR) is 49.0 cm³/mol. The van der Waals surface area contributed by atoms with Crippen LogP contribution in [0.4, 0.5) is 14.7 Å². The summed E-state index contributed by atoms with van der Waals surface area (Å²) in [6, 6.07) is 0. The summed E-state index contributed by atoms with van der Waals surface area (Å²) in [5.74, 6) is 0.295. The van der Waals surface area contributed by atoms with E-state index in [1.54, 1.807) is 0 Å². The topological polar surface area (TPSA) is 29.0 Å². The van der Waals surface area contributed by atoms with Crippen LogP contribution in [0.3, 0.4) is 0 Å². The van der Waals surface area contributed by atoms with Crippen LogP contribution >= 0.6 is 15.9 Å². The third-order valence-corrected chi connectivity index (χ3v) is 1.77. The van der Waals surface area contributed by atoms with Gasteiger partial charge in [0, 0.05) is 19.4 Å². The van der Waals surface area contributed by atoms with Gasteiger partial charge in [-0.2, -0.15) is 0 Å². The van der Waals surface area contributed by atoms with E-state index in [-0.39, 0.29) is 6.54 Å². The van der Waals surface area contributed by atoms with Gasteiger partial charge in [-0.05, 0) is 15.9 Å². The minimum absolute atomic E-state index is 0.295. The normalized spacial score (nSPS) is 10.5. The number of alkyl halides is 2. The van der Waals surface area contributed by atoms with Crippen molar-refractivity contribution in [3.63, 3.8) is 0 Å². The lowest BCUT2D eigenvalue weighted by molar-refractivity contribution is 0.156. The van der Waals surface area contributed by atoms with Crippen LogP contribution in [0.5, 0.6) is 0 Å². The molecule has 0 N–H and O–H groups in total. The second kappa shape index (κ2) is 4.45. The van der Waals surface area contributed by atoms with Crippen molar-refractivity contribution in [3.8, 4) is 0 Å². The van der Waals surface area contributed by atoms with Crippen LogP contribution in [0.25, 0.3) is 0 Å². The summed E-state index contributed by atoms with van der Waals surface area (Å²) in [6.45, 7) is -0.359. The molecular formula is C7H8BrF2N3. The van der Waals surface area contributed by atoms with Gasteiger partial charge in [-0.3, -0.25) is 0 Å². The maximum absolute atomic E-state index is 11.9. The van der Waals surface area contributed by atoms with Crippen LogP contribution in [0.1, 0.15) is 0 Å². The molecular weight excluding hydrogens is 244 g/mol. The lowest BCUT2D eigenvalue weighted by atomic mass is 10.6. The van der Waals surface area contributed by atoms with Crippen molar-refractivity contribution in [2.24, 2.45) is 0 Å². The number of nitrogens with zero attached hydrogens (tertiary/aromatic N) is 3. The van der Waals surface area contributed by atoms with Crippen molar-refractivity contribution in [1.29, 1.82) is 0 Å². The van der Waals surface area contributed by atoms with E-state index in [4.69, 9.17) is 0 Å². The molecule has 72 valence electrons. The highest BCUT2D eigenvalue weighted by atomic mass is 79.9. The summed E-state index contributed by atoms with van der Waals surface area (Å²) >= 11 is 3.15. The van der Waals surface area contributed by atoms with Crippen LogP contribution < -0.4 is 4.90 Å². The second-order valence-corrected chi connectivity index (χ2v) is 3.39. The van der Waals surface area contributed by atoms with E-state index in [1.165, 1.54) is 24.3 Å². The van der Waals surface area contributed by atoms with Gasteiger partial charge in [0.25, 0.3) is 6.43 Å². The largest absolute Gasteiger partial charge is 0.338 e. The first kappa shape index (κ1) is 10.3. The SMILES string of the molecule is CN(CC(F)F)c1ncc(Br)cn1. The van der Waals surface area contributed by atoms with Crippen molar-refractivity contribution in [3.05, 3.63) is 16.9 Å². The Kier molecular flexibility index (Phi) is 3.53. The molecule has 3 nitrogen and oxygen atoms in total. The number of halogens is 3. The summed E-state index contributed by atoms with van der Waals surface area (Å²) in [5, 5.41) is 0. The molecule has 0 spiro atoms. The summed E-state index contributed by atoms with van der Waals surface area (Å²) in [6.07, 6.45) is 0.659. The zero-order valence-electron chi connectivity index (χ0n) is 6.91. The first-order valence-electron chi connectivity index (χ1n) is 3.56. The van der Waals surface area contributed by atoms with Gasteiger partial charge in [-0.1, -0.05) is 0 Å². The fraction of sp³-hybridized carbons (Fsp3) is 0.429. The van der Waals surface area contributed by atoms with Crippen molar-refractivity contribution < 1.29 is 8.78 Å². The minimum Gasteiger partial charge on any atom is -0.338 e. The smallest absolute Gasteiger partial charge is 0.255 e. The molecule has 0 saturated heterocycles. The van der Waals surface area contributed by atoms with E-state index in [9.17, 15) is 8.78 Å². The molecule has 0 saturated carbocycles. The lowest BCUT2D eigenvalue weighted by Crippen LogP contribution is -2.25. The molecule has 0 amide bonds.